The van der Waals surface area contributed by atoms with E-state index in [0.29, 0.717) is 22.8 Å². The van der Waals surface area contributed by atoms with Gasteiger partial charge in [-0.15, -0.1) is 0 Å². The van der Waals surface area contributed by atoms with E-state index in [1.54, 1.807) is 49.4 Å². The minimum atomic E-state index is -0.564. The molecule has 2 aliphatic rings. The minimum absolute atomic E-state index is 0.162. The summed E-state index contributed by atoms with van der Waals surface area (Å²) in [4.78, 5) is 36.6. The van der Waals surface area contributed by atoms with Gasteiger partial charge in [0.1, 0.15) is 11.5 Å². The van der Waals surface area contributed by atoms with Crippen molar-refractivity contribution < 1.29 is 19.1 Å². The molecule has 0 fully saturated rings. The Bertz CT molecular complexity index is 987. The van der Waals surface area contributed by atoms with E-state index in [9.17, 15) is 14.4 Å². The highest BCUT2D eigenvalue weighted by Crippen LogP contribution is 2.32. The zero-order valence-electron chi connectivity index (χ0n) is 15.1. The Balaban J connectivity index is 1.53. The van der Waals surface area contributed by atoms with Crippen LogP contribution < -0.4 is 20.4 Å². The second-order valence-electron chi connectivity index (χ2n) is 6.50. The van der Waals surface area contributed by atoms with E-state index in [-0.39, 0.29) is 30.4 Å². The molecule has 1 unspecified atom stereocenters. The maximum Gasteiger partial charge on any atom is 0.271 e. The number of hydrogen-bond donors (Lipinski definition) is 2. The summed E-state index contributed by atoms with van der Waals surface area (Å²) in [5.41, 5.74) is 1.86. The lowest BCUT2D eigenvalue weighted by molar-refractivity contribution is -0.122. The zero-order chi connectivity index (χ0) is 19.7. The molecule has 2 heterocycles. The van der Waals surface area contributed by atoms with E-state index < -0.39 is 12.0 Å². The van der Waals surface area contributed by atoms with Crippen molar-refractivity contribution in [2.45, 2.75) is 25.9 Å². The lowest BCUT2D eigenvalue weighted by atomic mass is 10.1. The highest BCUT2D eigenvalue weighted by molar-refractivity contribution is 6.44. The van der Waals surface area contributed by atoms with E-state index in [1.807, 2.05) is 6.07 Å². The van der Waals surface area contributed by atoms with Crippen LogP contribution in [0.3, 0.4) is 0 Å². The molecule has 0 bridgehead atoms. The number of para-hydroxylation sites is 1. The third kappa shape index (κ3) is 3.44. The van der Waals surface area contributed by atoms with Crippen LogP contribution in [-0.4, -0.2) is 29.5 Å². The number of anilines is 3. The van der Waals surface area contributed by atoms with Crippen LogP contribution in [-0.2, 0) is 14.4 Å². The zero-order valence-corrected chi connectivity index (χ0v) is 15.1. The molecule has 28 heavy (non-hydrogen) atoms. The molecule has 2 N–H and O–H groups in total. The molecule has 2 aliphatic heterocycles. The van der Waals surface area contributed by atoms with Gasteiger partial charge in [-0.25, -0.2) is 5.01 Å². The van der Waals surface area contributed by atoms with E-state index in [1.165, 1.54) is 5.01 Å². The molecular formula is C20H18N4O4. The van der Waals surface area contributed by atoms with E-state index in [4.69, 9.17) is 4.74 Å². The average molecular weight is 378 g/mol. The van der Waals surface area contributed by atoms with Gasteiger partial charge in [0, 0.05) is 18.5 Å². The van der Waals surface area contributed by atoms with Gasteiger partial charge in [-0.1, -0.05) is 18.2 Å². The SMILES string of the molecule is CC1Oc2ccc(NC(=O)C3=NN(c4ccccc4)C(=O)CC3)cc2NC1=O. The number of carbonyl (C=O) groups excluding carboxylic acids is 3. The summed E-state index contributed by atoms with van der Waals surface area (Å²) in [6.45, 7) is 1.66. The van der Waals surface area contributed by atoms with Crippen molar-refractivity contribution in [1.82, 2.24) is 0 Å². The Morgan fingerprint density at radius 2 is 1.96 bits per heavy atom. The molecule has 0 spiro atoms. The molecule has 2 aromatic rings. The third-order valence-corrected chi connectivity index (χ3v) is 4.46. The number of ether oxygens (including phenoxy) is 1. The monoisotopic (exact) mass is 378 g/mol. The molecule has 2 aromatic carbocycles. The van der Waals surface area contributed by atoms with Crippen molar-refractivity contribution in [2.24, 2.45) is 5.10 Å². The minimum Gasteiger partial charge on any atom is -0.479 e. The van der Waals surface area contributed by atoms with Crippen molar-refractivity contribution in [3.05, 3.63) is 48.5 Å². The summed E-state index contributed by atoms with van der Waals surface area (Å²) in [7, 11) is 0. The fraction of sp³-hybridized carbons (Fsp3) is 0.200. The Labute approximate surface area is 161 Å². The highest BCUT2D eigenvalue weighted by atomic mass is 16.5. The summed E-state index contributed by atoms with van der Waals surface area (Å²) < 4.78 is 5.50. The normalized spacial score (nSPS) is 18.5. The first kappa shape index (κ1) is 17.7. The van der Waals surface area contributed by atoms with Crippen LogP contribution in [0.4, 0.5) is 17.1 Å². The molecule has 0 aliphatic carbocycles. The van der Waals surface area contributed by atoms with Gasteiger partial charge in [-0.05, 0) is 37.3 Å². The predicted octanol–water partition coefficient (Wildman–Crippen LogP) is 2.53. The van der Waals surface area contributed by atoms with Crippen LogP contribution in [0.15, 0.2) is 53.6 Å². The topological polar surface area (TPSA) is 100 Å². The molecule has 3 amide bonds. The number of nitrogens with zero attached hydrogens (tertiary/aromatic N) is 2. The van der Waals surface area contributed by atoms with Crippen LogP contribution in [0.1, 0.15) is 19.8 Å². The van der Waals surface area contributed by atoms with Crippen LogP contribution in [0.25, 0.3) is 0 Å². The second kappa shape index (κ2) is 7.15. The van der Waals surface area contributed by atoms with Crippen molar-refractivity contribution >= 4 is 40.5 Å². The highest BCUT2D eigenvalue weighted by Gasteiger charge is 2.27. The fourth-order valence-corrected chi connectivity index (χ4v) is 2.98. The van der Waals surface area contributed by atoms with E-state index in [0.717, 1.165) is 0 Å². The summed E-state index contributed by atoms with van der Waals surface area (Å²) in [5.74, 6) is -0.263. The van der Waals surface area contributed by atoms with Crippen LogP contribution in [0, 0.1) is 0 Å². The maximum absolute atomic E-state index is 12.6. The Hall–Kier alpha value is -3.68. The van der Waals surface area contributed by atoms with Gasteiger partial charge < -0.3 is 15.4 Å². The van der Waals surface area contributed by atoms with Crippen LogP contribution in [0.2, 0.25) is 0 Å². The summed E-state index contributed by atoms with van der Waals surface area (Å²) in [6, 6.07) is 14.0. The molecule has 1 atom stereocenters. The molecule has 0 saturated carbocycles. The average Bonchev–Trinajstić information content (AvgIpc) is 2.70. The van der Waals surface area contributed by atoms with Crippen LogP contribution >= 0.6 is 0 Å². The fourth-order valence-electron chi connectivity index (χ4n) is 2.98. The smallest absolute Gasteiger partial charge is 0.271 e. The first-order valence-electron chi connectivity index (χ1n) is 8.89. The van der Waals surface area contributed by atoms with E-state index >= 15 is 0 Å². The largest absolute Gasteiger partial charge is 0.479 e. The van der Waals surface area contributed by atoms with Gasteiger partial charge in [0.25, 0.3) is 11.8 Å². The van der Waals surface area contributed by atoms with Crippen molar-refractivity contribution in [3.63, 3.8) is 0 Å². The second-order valence-corrected chi connectivity index (χ2v) is 6.50. The number of benzene rings is 2. The molecule has 4 rings (SSSR count). The number of hydrazone groups is 1. The summed E-state index contributed by atoms with van der Waals surface area (Å²) in [6.07, 6.45) is -0.102. The molecule has 0 radical (unpaired) electrons. The quantitative estimate of drug-likeness (QED) is 0.857. The molecule has 0 aromatic heterocycles. The number of rotatable bonds is 3. The van der Waals surface area contributed by atoms with Crippen molar-refractivity contribution in [1.29, 1.82) is 0 Å². The molecule has 8 nitrogen and oxygen atoms in total. The number of hydrogen-bond acceptors (Lipinski definition) is 5. The van der Waals surface area contributed by atoms with Gasteiger partial charge >= 0.3 is 0 Å². The molecule has 0 saturated heterocycles. The Morgan fingerprint density at radius 1 is 1.18 bits per heavy atom. The van der Waals surface area contributed by atoms with Crippen molar-refractivity contribution in [2.75, 3.05) is 15.6 Å². The lowest BCUT2D eigenvalue weighted by Gasteiger charge is -2.24. The van der Waals surface area contributed by atoms with E-state index in [2.05, 4.69) is 15.7 Å². The van der Waals surface area contributed by atoms with Gasteiger partial charge in [-0.3, -0.25) is 14.4 Å². The molecule has 8 heteroatoms. The number of amides is 3. The summed E-state index contributed by atoms with van der Waals surface area (Å²) >= 11 is 0. The Morgan fingerprint density at radius 3 is 2.75 bits per heavy atom. The predicted molar refractivity (Wildman–Crippen MR) is 104 cm³/mol. The molecule has 142 valence electrons. The van der Waals surface area contributed by atoms with Crippen molar-refractivity contribution in [3.8, 4) is 5.75 Å². The van der Waals surface area contributed by atoms with Crippen LogP contribution in [0.5, 0.6) is 5.75 Å². The Kier molecular flexibility index (Phi) is 4.52. The summed E-state index contributed by atoms with van der Waals surface area (Å²) in [5, 5.41) is 11.0. The van der Waals surface area contributed by atoms with Gasteiger partial charge in [-0.2, -0.15) is 5.10 Å². The van der Waals surface area contributed by atoms with Gasteiger partial charge in [0.2, 0.25) is 5.91 Å². The number of nitrogens with one attached hydrogen (secondary N) is 2. The number of fused-ring (bicyclic) bond motifs is 1. The first-order valence-corrected chi connectivity index (χ1v) is 8.89. The third-order valence-electron chi connectivity index (χ3n) is 4.46. The van der Waals surface area contributed by atoms with Gasteiger partial charge in [0.15, 0.2) is 6.10 Å². The first-order chi connectivity index (χ1) is 13.5. The lowest BCUT2D eigenvalue weighted by Crippen LogP contribution is -2.36. The number of carbonyl (C=O) groups is 3. The maximum atomic E-state index is 12.6. The van der Waals surface area contributed by atoms with Gasteiger partial charge in [0.05, 0.1) is 11.4 Å². The molecular weight excluding hydrogens is 360 g/mol. The standard InChI is InChI=1S/C20H18N4O4/c1-12-19(26)22-16-11-13(7-9-17(16)28-12)21-20(27)15-8-10-18(25)24(23-15)14-5-3-2-4-6-14/h2-7,9,11-12H,8,10H2,1H3,(H,21,27)(H,22,26).